The number of hydrogen-bond donors (Lipinski definition) is 0. The number of benzene rings is 2. The summed E-state index contributed by atoms with van der Waals surface area (Å²) < 4.78 is 27.3. The van der Waals surface area contributed by atoms with E-state index in [-0.39, 0.29) is 0 Å². The molecule has 0 amide bonds. The molecule has 30 heavy (non-hydrogen) atoms. The summed E-state index contributed by atoms with van der Waals surface area (Å²) in [6, 6.07) is 9.84. The zero-order valence-corrected chi connectivity index (χ0v) is 18.6. The Hall–Kier alpha value is -2.64. The van der Waals surface area contributed by atoms with Gasteiger partial charge in [-0.1, -0.05) is 0 Å². The van der Waals surface area contributed by atoms with Gasteiger partial charge in [0.05, 0.1) is 35.5 Å². The molecule has 1 aliphatic rings. The fraction of sp³-hybridized carbons (Fsp3) is 0.478. The third kappa shape index (κ3) is 5.09. The van der Waals surface area contributed by atoms with Crippen LogP contribution in [0.4, 0.5) is 0 Å². The SMILES string of the molecule is COc1ccc(OC)c(CN2CCN(Cc3cc(OC)c(OC)cc3OC)CC2)c1. The molecule has 0 aliphatic carbocycles. The molecule has 1 fully saturated rings. The maximum atomic E-state index is 5.58. The van der Waals surface area contributed by atoms with Gasteiger partial charge in [-0.05, 0) is 24.3 Å². The lowest BCUT2D eigenvalue weighted by molar-refractivity contribution is 0.120. The Kier molecular flexibility index (Phi) is 7.65. The Morgan fingerprint density at radius 2 is 1.07 bits per heavy atom. The van der Waals surface area contributed by atoms with Crippen molar-refractivity contribution in [2.75, 3.05) is 61.7 Å². The lowest BCUT2D eigenvalue weighted by Crippen LogP contribution is -2.45. The largest absolute Gasteiger partial charge is 0.497 e. The van der Waals surface area contributed by atoms with Gasteiger partial charge < -0.3 is 23.7 Å². The predicted octanol–water partition coefficient (Wildman–Crippen LogP) is 3.05. The van der Waals surface area contributed by atoms with Crippen LogP contribution in [0.5, 0.6) is 28.7 Å². The molecular formula is C23H32N2O5. The molecule has 0 bridgehead atoms. The Morgan fingerprint density at radius 1 is 0.567 bits per heavy atom. The van der Waals surface area contributed by atoms with E-state index in [1.54, 1.807) is 35.5 Å². The molecule has 7 heteroatoms. The van der Waals surface area contributed by atoms with Crippen molar-refractivity contribution in [1.82, 2.24) is 9.80 Å². The Morgan fingerprint density at radius 3 is 1.57 bits per heavy atom. The van der Waals surface area contributed by atoms with Crippen molar-refractivity contribution in [2.24, 2.45) is 0 Å². The van der Waals surface area contributed by atoms with E-state index < -0.39 is 0 Å². The van der Waals surface area contributed by atoms with Gasteiger partial charge in [-0.2, -0.15) is 0 Å². The minimum Gasteiger partial charge on any atom is -0.497 e. The van der Waals surface area contributed by atoms with Crippen LogP contribution in [-0.2, 0) is 13.1 Å². The van der Waals surface area contributed by atoms with E-state index in [0.29, 0.717) is 5.75 Å². The number of methoxy groups -OCH3 is 5. The topological polar surface area (TPSA) is 52.6 Å². The maximum Gasteiger partial charge on any atom is 0.164 e. The molecule has 1 heterocycles. The molecule has 0 saturated carbocycles. The molecule has 0 radical (unpaired) electrons. The Balaban J connectivity index is 1.63. The third-order valence-electron chi connectivity index (χ3n) is 5.53. The van der Waals surface area contributed by atoms with E-state index in [4.69, 9.17) is 23.7 Å². The molecule has 2 aromatic rings. The van der Waals surface area contributed by atoms with Crippen molar-refractivity contribution in [3.63, 3.8) is 0 Å². The molecule has 3 rings (SSSR count). The average Bonchev–Trinajstić information content (AvgIpc) is 2.79. The number of piperazine rings is 1. The van der Waals surface area contributed by atoms with E-state index >= 15 is 0 Å². The van der Waals surface area contributed by atoms with Gasteiger partial charge >= 0.3 is 0 Å². The molecule has 0 spiro atoms. The lowest BCUT2D eigenvalue weighted by Gasteiger charge is -2.35. The van der Waals surface area contributed by atoms with Gasteiger partial charge in [0.15, 0.2) is 11.5 Å². The zero-order valence-electron chi connectivity index (χ0n) is 18.6. The van der Waals surface area contributed by atoms with Gasteiger partial charge in [0.1, 0.15) is 17.2 Å². The van der Waals surface area contributed by atoms with E-state index in [2.05, 4.69) is 15.9 Å². The quantitative estimate of drug-likeness (QED) is 0.623. The van der Waals surface area contributed by atoms with Crippen molar-refractivity contribution >= 4 is 0 Å². The Labute approximate surface area is 179 Å². The number of hydrogen-bond acceptors (Lipinski definition) is 7. The smallest absolute Gasteiger partial charge is 0.164 e. The van der Waals surface area contributed by atoms with Crippen LogP contribution in [0.15, 0.2) is 30.3 Å². The summed E-state index contributed by atoms with van der Waals surface area (Å²) in [6.45, 7) is 5.56. The first-order chi connectivity index (χ1) is 14.6. The normalized spacial score (nSPS) is 15.0. The first-order valence-electron chi connectivity index (χ1n) is 10.1. The Bertz CT molecular complexity index is 835. The number of rotatable bonds is 9. The molecule has 0 unspecified atom stereocenters. The highest BCUT2D eigenvalue weighted by molar-refractivity contribution is 5.50. The molecule has 0 aromatic heterocycles. The van der Waals surface area contributed by atoms with E-state index in [9.17, 15) is 0 Å². The van der Waals surface area contributed by atoms with Gasteiger partial charge in [-0.15, -0.1) is 0 Å². The van der Waals surface area contributed by atoms with Gasteiger partial charge in [-0.25, -0.2) is 0 Å². The van der Waals surface area contributed by atoms with Gasteiger partial charge in [0, 0.05) is 56.5 Å². The number of ether oxygens (including phenoxy) is 5. The molecule has 1 saturated heterocycles. The molecule has 2 aromatic carbocycles. The van der Waals surface area contributed by atoms with Crippen LogP contribution in [0.1, 0.15) is 11.1 Å². The summed E-state index contributed by atoms with van der Waals surface area (Å²) in [6.07, 6.45) is 0. The van der Waals surface area contributed by atoms with Gasteiger partial charge in [0.25, 0.3) is 0 Å². The summed E-state index contributed by atoms with van der Waals surface area (Å²) in [5.41, 5.74) is 2.24. The summed E-state index contributed by atoms with van der Waals surface area (Å²) in [7, 11) is 8.37. The molecule has 1 aliphatic heterocycles. The summed E-state index contributed by atoms with van der Waals surface area (Å²) in [5, 5.41) is 0. The highest BCUT2D eigenvalue weighted by Crippen LogP contribution is 2.35. The van der Waals surface area contributed by atoms with Crippen molar-refractivity contribution in [3.05, 3.63) is 41.5 Å². The minimum atomic E-state index is 0.676. The third-order valence-corrected chi connectivity index (χ3v) is 5.53. The first kappa shape index (κ1) is 22.1. The highest BCUT2D eigenvalue weighted by atomic mass is 16.5. The minimum absolute atomic E-state index is 0.676. The summed E-state index contributed by atoms with van der Waals surface area (Å²) in [5.74, 6) is 3.96. The molecule has 0 N–H and O–H groups in total. The van der Waals surface area contributed by atoms with Crippen molar-refractivity contribution in [2.45, 2.75) is 13.1 Å². The van der Waals surface area contributed by atoms with Crippen molar-refractivity contribution in [1.29, 1.82) is 0 Å². The van der Waals surface area contributed by atoms with Crippen LogP contribution in [0, 0.1) is 0 Å². The molecular weight excluding hydrogens is 384 g/mol. The zero-order chi connectivity index (χ0) is 21.5. The summed E-state index contributed by atoms with van der Waals surface area (Å²) in [4.78, 5) is 4.88. The summed E-state index contributed by atoms with van der Waals surface area (Å²) >= 11 is 0. The van der Waals surface area contributed by atoms with Crippen LogP contribution in [0.2, 0.25) is 0 Å². The van der Waals surface area contributed by atoms with Crippen LogP contribution < -0.4 is 23.7 Å². The second kappa shape index (κ2) is 10.4. The fourth-order valence-corrected chi connectivity index (χ4v) is 3.81. The monoisotopic (exact) mass is 416 g/mol. The van der Waals surface area contributed by atoms with Crippen molar-refractivity contribution < 1.29 is 23.7 Å². The highest BCUT2D eigenvalue weighted by Gasteiger charge is 2.21. The standard InChI is InChI=1S/C23H32N2O5/c1-26-19-6-7-20(27-2)17(12-19)15-24-8-10-25(11-9-24)16-18-13-22(29-4)23(30-5)14-21(18)28-3/h6-7,12-14H,8-11,15-16H2,1-5H3. The average molecular weight is 417 g/mol. The molecule has 164 valence electrons. The van der Waals surface area contributed by atoms with E-state index in [0.717, 1.165) is 73.4 Å². The first-order valence-corrected chi connectivity index (χ1v) is 10.1. The van der Waals surface area contributed by atoms with Crippen molar-refractivity contribution in [3.8, 4) is 28.7 Å². The van der Waals surface area contributed by atoms with Crippen LogP contribution in [0.3, 0.4) is 0 Å². The van der Waals surface area contributed by atoms with Gasteiger partial charge in [-0.3, -0.25) is 9.80 Å². The van der Waals surface area contributed by atoms with E-state index in [1.165, 1.54) is 0 Å². The van der Waals surface area contributed by atoms with Crippen LogP contribution in [0.25, 0.3) is 0 Å². The second-order valence-corrected chi connectivity index (χ2v) is 7.25. The maximum absolute atomic E-state index is 5.58. The molecule has 0 atom stereocenters. The van der Waals surface area contributed by atoms with Crippen LogP contribution in [-0.4, -0.2) is 71.5 Å². The van der Waals surface area contributed by atoms with Crippen LogP contribution >= 0.6 is 0 Å². The molecule has 7 nitrogen and oxygen atoms in total. The predicted molar refractivity (Wildman–Crippen MR) is 116 cm³/mol. The van der Waals surface area contributed by atoms with Gasteiger partial charge in [0.2, 0.25) is 0 Å². The van der Waals surface area contributed by atoms with E-state index in [1.807, 2.05) is 24.3 Å². The fourth-order valence-electron chi connectivity index (χ4n) is 3.81. The number of nitrogens with zero attached hydrogens (tertiary/aromatic N) is 2. The second-order valence-electron chi connectivity index (χ2n) is 7.25. The lowest BCUT2D eigenvalue weighted by atomic mass is 10.1.